The van der Waals surface area contributed by atoms with Crippen LogP contribution in [0.5, 0.6) is 0 Å². The second-order valence-electron chi connectivity index (χ2n) is 2.59. The first-order chi connectivity index (χ1) is 6.16. The maximum Gasteiger partial charge on any atom is 0.147 e. The molecule has 1 atom stereocenters. The molecule has 4 heteroatoms. The highest BCUT2D eigenvalue weighted by molar-refractivity contribution is 5.22. The van der Waals surface area contributed by atoms with E-state index in [0.29, 0.717) is 5.56 Å². The maximum atomic E-state index is 13.1. The molecule has 0 amide bonds. The summed E-state index contributed by atoms with van der Waals surface area (Å²) in [7, 11) is 1.45. The quantitative estimate of drug-likeness (QED) is 0.768. The van der Waals surface area contributed by atoms with Crippen LogP contribution in [-0.4, -0.2) is 12.1 Å². The topological polar surface area (TPSA) is 48.1 Å². The molecule has 0 aliphatic carbocycles. The SMILES string of the molecule is C=C(N)C(OC)c1ccncc1F. The predicted molar refractivity (Wildman–Crippen MR) is 47.3 cm³/mol. The van der Waals surface area contributed by atoms with Crippen LogP contribution in [0.2, 0.25) is 0 Å². The Morgan fingerprint density at radius 2 is 2.46 bits per heavy atom. The number of hydrogen-bond acceptors (Lipinski definition) is 3. The number of ether oxygens (including phenoxy) is 1. The molecule has 70 valence electrons. The van der Waals surface area contributed by atoms with Gasteiger partial charge >= 0.3 is 0 Å². The number of nitrogens with two attached hydrogens (primary N) is 1. The van der Waals surface area contributed by atoms with Crippen molar-refractivity contribution >= 4 is 0 Å². The third-order valence-corrected chi connectivity index (χ3v) is 1.66. The van der Waals surface area contributed by atoms with Crippen molar-refractivity contribution < 1.29 is 9.13 Å². The second kappa shape index (κ2) is 4.00. The molecule has 0 radical (unpaired) electrons. The third kappa shape index (κ3) is 2.03. The molecule has 1 unspecified atom stereocenters. The number of halogens is 1. The van der Waals surface area contributed by atoms with Crippen LogP contribution < -0.4 is 5.73 Å². The number of hydrogen-bond donors (Lipinski definition) is 1. The lowest BCUT2D eigenvalue weighted by molar-refractivity contribution is 0.128. The van der Waals surface area contributed by atoms with Gasteiger partial charge in [-0.05, 0) is 6.07 Å². The lowest BCUT2D eigenvalue weighted by atomic mass is 10.1. The minimum Gasteiger partial charge on any atom is -0.400 e. The van der Waals surface area contributed by atoms with E-state index in [-0.39, 0.29) is 5.70 Å². The molecule has 13 heavy (non-hydrogen) atoms. The van der Waals surface area contributed by atoms with Crippen LogP contribution >= 0.6 is 0 Å². The van der Waals surface area contributed by atoms with E-state index in [0.717, 1.165) is 6.20 Å². The van der Waals surface area contributed by atoms with Gasteiger partial charge in [0.15, 0.2) is 0 Å². The molecule has 3 nitrogen and oxygen atoms in total. The van der Waals surface area contributed by atoms with Gasteiger partial charge < -0.3 is 10.5 Å². The van der Waals surface area contributed by atoms with E-state index >= 15 is 0 Å². The summed E-state index contributed by atoms with van der Waals surface area (Å²) in [6, 6.07) is 1.52. The monoisotopic (exact) mass is 182 g/mol. The Bertz CT molecular complexity index is 314. The smallest absolute Gasteiger partial charge is 0.147 e. The normalized spacial score (nSPS) is 12.5. The number of methoxy groups -OCH3 is 1. The molecular weight excluding hydrogens is 171 g/mol. The highest BCUT2D eigenvalue weighted by Gasteiger charge is 2.15. The van der Waals surface area contributed by atoms with Gasteiger partial charge in [-0.15, -0.1) is 0 Å². The molecule has 0 saturated heterocycles. The van der Waals surface area contributed by atoms with Gasteiger partial charge in [0.1, 0.15) is 11.9 Å². The molecule has 0 aliphatic rings. The number of aromatic nitrogens is 1. The van der Waals surface area contributed by atoms with Crippen molar-refractivity contribution in [2.75, 3.05) is 7.11 Å². The van der Waals surface area contributed by atoms with Crippen LogP contribution in [0, 0.1) is 5.82 Å². The van der Waals surface area contributed by atoms with Gasteiger partial charge in [0.05, 0.1) is 6.20 Å². The van der Waals surface area contributed by atoms with Crippen molar-refractivity contribution in [2.45, 2.75) is 6.10 Å². The lowest BCUT2D eigenvalue weighted by Crippen LogP contribution is -2.12. The Hall–Kier alpha value is -1.42. The summed E-state index contributed by atoms with van der Waals surface area (Å²) in [6.45, 7) is 3.51. The van der Waals surface area contributed by atoms with Crippen LogP contribution in [0.1, 0.15) is 11.7 Å². The van der Waals surface area contributed by atoms with Crippen LogP contribution in [-0.2, 0) is 4.74 Å². The van der Waals surface area contributed by atoms with Gasteiger partial charge in [-0.2, -0.15) is 0 Å². The Morgan fingerprint density at radius 3 is 2.92 bits per heavy atom. The van der Waals surface area contributed by atoms with Crippen molar-refractivity contribution in [1.82, 2.24) is 4.98 Å². The van der Waals surface area contributed by atoms with E-state index in [1.807, 2.05) is 0 Å². The van der Waals surface area contributed by atoms with Crippen LogP contribution in [0.25, 0.3) is 0 Å². The highest BCUT2D eigenvalue weighted by Crippen LogP contribution is 2.22. The Balaban J connectivity index is 3.04. The molecule has 0 aromatic carbocycles. The molecule has 1 aromatic rings. The fourth-order valence-corrected chi connectivity index (χ4v) is 1.08. The first-order valence-electron chi connectivity index (χ1n) is 3.73. The summed E-state index contributed by atoms with van der Waals surface area (Å²) in [5, 5.41) is 0. The first kappa shape index (κ1) is 9.67. The zero-order chi connectivity index (χ0) is 9.84. The minimum absolute atomic E-state index is 0.271. The van der Waals surface area contributed by atoms with E-state index in [1.165, 1.54) is 19.4 Å². The minimum atomic E-state index is -0.608. The van der Waals surface area contributed by atoms with Gasteiger partial charge in [0.25, 0.3) is 0 Å². The van der Waals surface area contributed by atoms with E-state index in [4.69, 9.17) is 10.5 Å². The van der Waals surface area contributed by atoms with Gasteiger partial charge in [0, 0.05) is 24.6 Å². The lowest BCUT2D eigenvalue weighted by Gasteiger charge is -2.15. The Labute approximate surface area is 76.0 Å². The van der Waals surface area contributed by atoms with Gasteiger partial charge in [-0.3, -0.25) is 4.98 Å². The van der Waals surface area contributed by atoms with Crippen LogP contribution in [0.4, 0.5) is 4.39 Å². The molecule has 2 N–H and O–H groups in total. The van der Waals surface area contributed by atoms with Crippen molar-refractivity contribution in [3.63, 3.8) is 0 Å². The van der Waals surface area contributed by atoms with Gasteiger partial charge in [-0.25, -0.2) is 4.39 Å². The largest absolute Gasteiger partial charge is 0.400 e. The number of nitrogens with zero attached hydrogens (tertiary/aromatic N) is 1. The van der Waals surface area contributed by atoms with E-state index in [1.54, 1.807) is 0 Å². The Morgan fingerprint density at radius 1 is 1.77 bits per heavy atom. The zero-order valence-electron chi connectivity index (χ0n) is 7.33. The highest BCUT2D eigenvalue weighted by atomic mass is 19.1. The average Bonchev–Trinajstić information content (AvgIpc) is 2.09. The van der Waals surface area contributed by atoms with Gasteiger partial charge in [-0.1, -0.05) is 6.58 Å². The van der Waals surface area contributed by atoms with Gasteiger partial charge in [0.2, 0.25) is 0 Å². The molecule has 1 aromatic heterocycles. The molecule has 1 rings (SSSR count). The summed E-state index contributed by atoms with van der Waals surface area (Å²) in [5.74, 6) is -0.444. The summed E-state index contributed by atoms with van der Waals surface area (Å²) in [5.41, 5.74) is 6.06. The van der Waals surface area contributed by atoms with E-state index in [9.17, 15) is 4.39 Å². The summed E-state index contributed by atoms with van der Waals surface area (Å²) >= 11 is 0. The fourth-order valence-electron chi connectivity index (χ4n) is 1.08. The molecule has 0 saturated carbocycles. The van der Waals surface area contributed by atoms with E-state index < -0.39 is 11.9 Å². The first-order valence-corrected chi connectivity index (χ1v) is 3.73. The molecule has 0 bridgehead atoms. The van der Waals surface area contributed by atoms with Crippen molar-refractivity contribution in [1.29, 1.82) is 0 Å². The standard InChI is InChI=1S/C9H11FN2O/c1-6(11)9(13-2)7-3-4-12-5-8(7)10/h3-5,9H,1,11H2,2H3. The predicted octanol–water partition coefficient (Wildman–Crippen LogP) is 1.38. The second-order valence-corrected chi connectivity index (χ2v) is 2.59. The third-order valence-electron chi connectivity index (χ3n) is 1.66. The van der Waals surface area contributed by atoms with Crippen molar-refractivity contribution in [3.8, 4) is 0 Å². The van der Waals surface area contributed by atoms with Crippen molar-refractivity contribution in [2.24, 2.45) is 5.73 Å². The van der Waals surface area contributed by atoms with Crippen LogP contribution in [0.3, 0.4) is 0 Å². The van der Waals surface area contributed by atoms with E-state index in [2.05, 4.69) is 11.6 Å². The summed E-state index contributed by atoms with van der Waals surface area (Å²) in [6.07, 6.45) is 1.99. The van der Waals surface area contributed by atoms with Crippen LogP contribution in [0.15, 0.2) is 30.7 Å². The maximum absolute atomic E-state index is 13.1. The van der Waals surface area contributed by atoms with Crippen molar-refractivity contribution in [3.05, 3.63) is 42.1 Å². The molecular formula is C9H11FN2O. The summed E-state index contributed by atoms with van der Waals surface area (Å²) < 4.78 is 18.1. The molecule has 1 heterocycles. The molecule has 0 fully saturated rings. The Kier molecular flexibility index (Phi) is 2.97. The fraction of sp³-hybridized carbons (Fsp3) is 0.222. The zero-order valence-corrected chi connectivity index (χ0v) is 7.33. The molecule has 0 spiro atoms. The molecule has 0 aliphatic heterocycles. The number of rotatable bonds is 3. The summed E-state index contributed by atoms with van der Waals surface area (Å²) in [4.78, 5) is 3.62. The average molecular weight is 182 g/mol. The number of pyridine rings is 1.